The number of nitrogens with zero attached hydrogens (tertiary/aromatic N) is 1. The van der Waals surface area contributed by atoms with E-state index in [4.69, 9.17) is 4.74 Å². The summed E-state index contributed by atoms with van der Waals surface area (Å²) in [6, 6.07) is 6.55. The highest BCUT2D eigenvalue weighted by Gasteiger charge is 2.34. The standard InChI is InChI=1S/C16H13F5N2O/c17-10-5-4-9(8-11(10)18)15-12(6-7-24-15)22-14-3-1-2-13(23-14)16(19,20)21/h1-5,8,12,15H,6-7H2,(H,22,23). The predicted molar refractivity (Wildman–Crippen MR) is 76.3 cm³/mol. The van der Waals surface area contributed by atoms with Gasteiger partial charge in [0.25, 0.3) is 0 Å². The SMILES string of the molecule is Fc1ccc(C2OCCC2Nc2cccc(C(F)(F)F)n2)cc1F. The van der Waals surface area contributed by atoms with E-state index in [0.29, 0.717) is 18.6 Å². The Balaban J connectivity index is 1.80. The third-order valence-electron chi connectivity index (χ3n) is 3.74. The van der Waals surface area contributed by atoms with Crippen LogP contribution in [0.3, 0.4) is 0 Å². The molecule has 1 fully saturated rings. The molecule has 1 saturated heterocycles. The zero-order valence-corrected chi connectivity index (χ0v) is 12.3. The molecule has 0 spiro atoms. The molecule has 0 amide bonds. The van der Waals surface area contributed by atoms with Crippen LogP contribution in [0.25, 0.3) is 0 Å². The van der Waals surface area contributed by atoms with Gasteiger partial charge in [-0.1, -0.05) is 12.1 Å². The Morgan fingerprint density at radius 2 is 1.88 bits per heavy atom. The second-order valence-corrected chi connectivity index (χ2v) is 5.41. The fourth-order valence-electron chi connectivity index (χ4n) is 2.62. The summed E-state index contributed by atoms with van der Waals surface area (Å²) in [6.07, 6.45) is -4.64. The summed E-state index contributed by atoms with van der Waals surface area (Å²) in [5.74, 6) is -1.92. The average Bonchev–Trinajstić information content (AvgIpc) is 2.97. The van der Waals surface area contributed by atoms with Crippen LogP contribution < -0.4 is 5.32 Å². The van der Waals surface area contributed by atoms with E-state index in [-0.39, 0.29) is 5.82 Å². The van der Waals surface area contributed by atoms with Gasteiger partial charge in [-0.15, -0.1) is 0 Å². The Morgan fingerprint density at radius 3 is 2.58 bits per heavy atom. The van der Waals surface area contributed by atoms with Crippen molar-refractivity contribution in [3.63, 3.8) is 0 Å². The molecule has 2 unspecified atom stereocenters. The van der Waals surface area contributed by atoms with E-state index in [0.717, 1.165) is 18.2 Å². The quantitative estimate of drug-likeness (QED) is 0.842. The van der Waals surface area contributed by atoms with E-state index < -0.39 is 35.7 Å². The van der Waals surface area contributed by atoms with Crippen molar-refractivity contribution < 1.29 is 26.7 Å². The molecule has 3 rings (SSSR count). The van der Waals surface area contributed by atoms with Crippen LogP contribution in [0.4, 0.5) is 27.8 Å². The Labute approximate surface area is 134 Å². The first kappa shape index (κ1) is 16.6. The fourth-order valence-corrected chi connectivity index (χ4v) is 2.62. The van der Waals surface area contributed by atoms with E-state index in [9.17, 15) is 22.0 Å². The van der Waals surface area contributed by atoms with E-state index in [2.05, 4.69) is 10.3 Å². The Morgan fingerprint density at radius 1 is 1.08 bits per heavy atom. The maximum Gasteiger partial charge on any atom is 0.433 e. The summed E-state index contributed by atoms with van der Waals surface area (Å²) in [4.78, 5) is 3.54. The normalized spacial score (nSPS) is 21.0. The van der Waals surface area contributed by atoms with E-state index in [1.807, 2.05) is 0 Å². The number of hydrogen-bond donors (Lipinski definition) is 1. The van der Waals surface area contributed by atoms with E-state index >= 15 is 0 Å². The van der Waals surface area contributed by atoms with Gasteiger partial charge in [-0.2, -0.15) is 13.2 Å². The molecule has 3 nitrogen and oxygen atoms in total. The fraction of sp³-hybridized carbons (Fsp3) is 0.312. The van der Waals surface area contributed by atoms with Crippen molar-refractivity contribution in [2.24, 2.45) is 0 Å². The van der Waals surface area contributed by atoms with Gasteiger partial charge in [-0.3, -0.25) is 0 Å². The lowest BCUT2D eigenvalue weighted by atomic mass is 10.0. The smallest absolute Gasteiger partial charge is 0.371 e. The molecular formula is C16H13F5N2O. The number of anilines is 1. The number of halogens is 5. The van der Waals surface area contributed by atoms with Crippen LogP contribution in [0, 0.1) is 11.6 Å². The van der Waals surface area contributed by atoms with Crippen LogP contribution in [-0.2, 0) is 10.9 Å². The second kappa shape index (κ2) is 6.35. The molecule has 2 atom stereocenters. The van der Waals surface area contributed by atoms with Gasteiger partial charge >= 0.3 is 6.18 Å². The van der Waals surface area contributed by atoms with Crippen LogP contribution in [-0.4, -0.2) is 17.6 Å². The first-order valence-corrected chi connectivity index (χ1v) is 7.22. The predicted octanol–water partition coefficient (Wildman–Crippen LogP) is 4.32. The largest absolute Gasteiger partial charge is 0.433 e. The van der Waals surface area contributed by atoms with Gasteiger partial charge in [-0.05, 0) is 36.2 Å². The minimum Gasteiger partial charge on any atom is -0.371 e. The van der Waals surface area contributed by atoms with E-state index in [1.165, 1.54) is 18.2 Å². The summed E-state index contributed by atoms with van der Waals surface area (Å²) >= 11 is 0. The monoisotopic (exact) mass is 344 g/mol. The number of hydrogen-bond acceptors (Lipinski definition) is 3. The summed E-state index contributed by atoms with van der Waals surface area (Å²) < 4.78 is 70.1. The lowest BCUT2D eigenvalue weighted by molar-refractivity contribution is -0.141. The molecule has 2 heterocycles. The van der Waals surface area contributed by atoms with Crippen molar-refractivity contribution >= 4 is 5.82 Å². The third kappa shape index (κ3) is 3.48. The zero-order valence-electron chi connectivity index (χ0n) is 12.3. The summed E-state index contributed by atoms with van der Waals surface area (Å²) in [6.45, 7) is 0.348. The Hall–Kier alpha value is -2.22. The number of rotatable bonds is 3. The average molecular weight is 344 g/mol. The molecular weight excluding hydrogens is 331 g/mol. The molecule has 1 aliphatic rings. The number of pyridine rings is 1. The second-order valence-electron chi connectivity index (χ2n) is 5.41. The maximum atomic E-state index is 13.4. The molecule has 24 heavy (non-hydrogen) atoms. The maximum absolute atomic E-state index is 13.4. The van der Waals surface area contributed by atoms with Crippen molar-refractivity contribution in [2.45, 2.75) is 24.7 Å². The van der Waals surface area contributed by atoms with Crippen molar-refractivity contribution in [1.82, 2.24) is 4.98 Å². The number of aromatic nitrogens is 1. The van der Waals surface area contributed by atoms with Gasteiger partial charge < -0.3 is 10.1 Å². The summed E-state index contributed by atoms with van der Waals surface area (Å²) in [5, 5.41) is 2.88. The van der Waals surface area contributed by atoms with Crippen molar-refractivity contribution in [1.29, 1.82) is 0 Å². The first-order chi connectivity index (χ1) is 11.3. The number of nitrogens with one attached hydrogen (secondary N) is 1. The molecule has 2 aromatic rings. The lowest BCUT2D eigenvalue weighted by Crippen LogP contribution is -2.24. The molecule has 0 saturated carbocycles. The Kier molecular flexibility index (Phi) is 4.40. The van der Waals surface area contributed by atoms with Crippen LogP contribution in [0.2, 0.25) is 0 Å². The zero-order chi connectivity index (χ0) is 17.3. The van der Waals surface area contributed by atoms with Gasteiger partial charge in [0.2, 0.25) is 0 Å². The minimum absolute atomic E-state index is 0.0490. The molecule has 1 aromatic carbocycles. The molecule has 128 valence electrons. The molecule has 0 bridgehead atoms. The lowest BCUT2D eigenvalue weighted by Gasteiger charge is -2.21. The van der Waals surface area contributed by atoms with Gasteiger partial charge in [-0.25, -0.2) is 13.8 Å². The highest BCUT2D eigenvalue weighted by atomic mass is 19.4. The topological polar surface area (TPSA) is 34.1 Å². The van der Waals surface area contributed by atoms with Crippen LogP contribution >= 0.6 is 0 Å². The first-order valence-electron chi connectivity index (χ1n) is 7.22. The summed E-state index contributed by atoms with van der Waals surface area (Å²) in [5.41, 5.74) is -0.591. The number of alkyl halides is 3. The number of ether oxygens (including phenoxy) is 1. The number of benzene rings is 1. The molecule has 0 radical (unpaired) electrons. The van der Waals surface area contributed by atoms with Gasteiger partial charge in [0, 0.05) is 6.61 Å². The van der Waals surface area contributed by atoms with Crippen molar-refractivity contribution in [2.75, 3.05) is 11.9 Å². The summed E-state index contributed by atoms with van der Waals surface area (Å²) in [7, 11) is 0. The van der Waals surface area contributed by atoms with Gasteiger partial charge in [0.15, 0.2) is 11.6 Å². The molecule has 1 N–H and O–H groups in total. The van der Waals surface area contributed by atoms with Crippen LogP contribution in [0.5, 0.6) is 0 Å². The Bertz CT molecular complexity index is 735. The molecule has 1 aromatic heterocycles. The van der Waals surface area contributed by atoms with Crippen LogP contribution in [0.15, 0.2) is 36.4 Å². The minimum atomic E-state index is -4.54. The third-order valence-corrected chi connectivity index (χ3v) is 3.74. The van der Waals surface area contributed by atoms with Gasteiger partial charge in [0.05, 0.1) is 6.04 Å². The van der Waals surface area contributed by atoms with E-state index in [1.54, 1.807) is 0 Å². The van der Waals surface area contributed by atoms with Crippen LogP contribution in [0.1, 0.15) is 23.8 Å². The van der Waals surface area contributed by atoms with Crippen molar-refractivity contribution in [3.8, 4) is 0 Å². The highest BCUT2D eigenvalue weighted by molar-refractivity contribution is 5.39. The van der Waals surface area contributed by atoms with Crippen molar-refractivity contribution in [3.05, 3.63) is 59.3 Å². The molecule has 0 aliphatic carbocycles. The molecule has 8 heteroatoms. The highest BCUT2D eigenvalue weighted by Crippen LogP contribution is 2.33. The van der Waals surface area contributed by atoms with Gasteiger partial charge in [0.1, 0.15) is 17.6 Å². The molecule has 1 aliphatic heterocycles.